The number of rotatable bonds is 8. The van der Waals surface area contributed by atoms with Crippen molar-refractivity contribution in [2.75, 3.05) is 6.54 Å². The Kier molecular flexibility index (Phi) is 7.45. The molecule has 1 aromatic heterocycles. The summed E-state index contributed by atoms with van der Waals surface area (Å²) in [6.07, 6.45) is 2.11. The van der Waals surface area contributed by atoms with Crippen molar-refractivity contribution in [3.63, 3.8) is 0 Å². The summed E-state index contributed by atoms with van der Waals surface area (Å²) in [4.78, 5) is 45.8. The molecule has 1 unspecified atom stereocenters. The van der Waals surface area contributed by atoms with Crippen LogP contribution in [0.1, 0.15) is 57.9 Å². The molecule has 0 spiro atoms. The fourth-order valence-corrected chi connectivity index (χ4v) is 4.61. The maximum Gasteiger partial charge on any atom is 0.273 e. The number of halogens is 1. The third kappa shape index (κ3) is 4.99. The zero-order valence-electron chi connectivity index (χ0n) is 20.7. The summed E-state index contributed by atoms with van der Waals surface area (Å²) in [7, 11) is 0. The lowest BCUT2D eigenvalue weighted by Crippen LogP contribution is -2.64. The summed E-state index contributed by atoms with van der Waals surface area (Å²) in [5, 5.41) is 6.32. The van der Waals surface area contributed by atoms with E-state index in [2.05, 4.69) is 15.6 Å². The third-order valence-electron chi connectivity index (χ3n) is 6.48. The minimum absolute atomic E-state index is 0.0373. The average molecular weight is 508 g/mol. The van der Waals surface area contributed by atoms with Gasteiger partial charge in [0, 0.05) is 24.7 Å². The van der Waals surface area contributed by atoms with Crippen LogP contribution >= 0.6 is 11.6 Å². The van der Waals surface area contributed by atoms with Gasteiger partial charge in [0.25, 0.3) is 11.8 Å². The second-order valence-electron chi connectivity index (χ2n) is 9.24. The Balaban J connectivity index is 1.54. The second kappa shape index (κ2) is 10.5. The standard InChI is InChI=1S/C27H30ClN5O3/c1-4-13-33-25(35)23-22(24(34)29-15-20-7-5-6-8-21(20)28)31-17-32(23)16-27(33,3)26(36)30-14-19-11-9-18(2)10-12-19/h5-12,17H,4,13-16H2,1-3H3,(H,29,34)(H,30,36). The molecule has 0 radical (unpaired) electrons. The highest BCUT2D eigenvalue weighted by atomic mass is 35.5. The molecule has 1 aliphatic rings. The van der Waals surface area contributed by atoms with Crippen LogP contribution in [0.2, 0.25) is 5.02 Å². The van der Waals surface area contributed by atoms with Crippen LogP contribution in [-0.4, -0.2) is 44.3 Å². The van der Waals surface area contributed by atoms with E-state index in [0.717, 1.165) is 16.7 Å². The molecule has 3 amide bonds. The maximum atomic E-state index is 13.6. The number of nitrogens with one attached hydrogen (secondary N) is 2. The molecule has 2 aromatic carbocycles. The monoisotopic (exact) mass is 507 g/mol. The molecule has 1 atom stereocenters. The first kappa shape index (κ1) is 25.4. The number of hydrogen-bond donors (Lipinski definition) is 2. The van der Waals surface area contributed by atoms with Crippen LogP contribution in [0.5, 0.6) is 0 Å². The number of amides is 3. The number of hydrogen-bond acceptors (Lipinski definition) is 4. The number of carbonyl (C=O) groups excluding carboxylic acids is 3. The lowest BCUT2D eigenvalue weighted by atomic mass is 9.93. The Morgan fingerprint density at radius 2 is 1.81 bits per heavy atom. The van der Waals surface area contributed by atoms with Gasteiger partial charge in [-0.05, 0) is 37.5 Å². The molecule has 0 aliphatic carbocycles. The van der Waals surface area contributed by atoms with Crippen molar-refractivity contribution < 1.29 is 14.4 Å². The van der Waals surface area contributed by atoms with Gasteiger partial charge in [-0.2, -0.15) is 0 Å². The number of aromatic nitrogens is 2. The van der Waals surface area contributed by atoms with Gasteiger partial charge in [0.05, 0.1) is 12.9 Å². The van der Waals surface area contributed by atoms with E-state index >= 15 is 0 Å². The normalized spacial score (nSPS) is 17.0. The van der Waals surface area contributed by atoms with Gasteiger partial charge in [0.15, 0.2) is 5.69 Å². The number of carbonyl (C=O) groups is 3. The van der Waals surface area contributed by atoms with Crippen LogP contribution in [0, 0.1) is 6.92 Å². The van der Waals surface area contributed by atoms with E-state index in [0.29, 0.717) is 24.5 Å². The largest absolute Gasteiger partial charge is 0.350 e. The summed E-state index contributed by atoms with van der Waals surface area (Å²) < 4.78 is 1.60. The molecule has 36 heavy (non-hydrogen) atoms. The van der Waals surface area contributed by atoms with Gasteiger partial charge < -0.3 is 20.1 Å². The van der Waals surface area contributed by atoms with E-state index in [1.165, 1.54) is 6.33 Å². The lowest BCUT2D eigenvalue weighted by molar-refractivity contribution is -0.133. The molecule has 188 valence electrons. The van der Waals surface area contributed by atoms with E-state index in [-0.39, 0.29) is 30.4 Å². The van der Waals surface area contributed by atoms with E-state index in [1.807, 2.05) is 56.3 Å². The SMILES string of the molecule is CCCN1C(=O)c2c(C(=O)NCc3ccccc3Cl)ncn2CC1(C)C(=O)NCc1ccc(C)cc1. The topological polar surface area (TPSA) is 96.3 Å². The fourth-order valence-electron chi connectivity index (χ4n) is 4.41. The van der Waals surface area contributed by atoms with Crippen molar-refractivity contribution in [1.29, 1.82) is 0 Å². The summed E-state index contributed by atoms with van der Waals surface area (Å²) in [5.74, 6) is -1.12. The van der Waals surface area contributed by atoms with Gasteiger partial charge in [-0.25, -0.2) is 4.98 Å². The van der Waals surface area contributed by atoms with Gasteiger partial charge in [0.2, 0.25) is 5.91 Å². The van der Waals surface area contributed by atoms with Crippen LogP contribution in [0.4, 0.5) is 0 Å². The molecule has 0 saturated carbocycles. The summed E-state index contributed by atoms with van der Waals surface area (Å²) in [5.41, 5.74) is 1.97. The molecule has 2 heterocycles. The number of fused-ring (bicyclic) bond motifs is 1. The van der Waals surface area contributed by atoms with Crippen molar-refractivity contribution in [3.8, 4) is 0 Å². The van der Waals surface area contributed by atoms with Gasteiger partial charge in [0.1, 0.15) is 11.2 Å². The van der Waals surface area contributed by atoms with E-state index in [1.54, 1.807) is 22.5 Å². The predicted octanol–water partition coefficient (Wildman–Crippen LogP) is 3.72. The second-order valence-corrected chi connectivity index (χ2v) is 9.65. The molecular weight excluding hydrogens is 478 g/mol. The summed E-state index contributed by atoms with van der Waals surface area (Å²) in [6, 6.07) is 15.1. The van der Waals surface area contributed by atoms with E-state index < -0.39 is 17.4 Å². The smallest absolute Gasteiger partial charge is 0.273 e. The Hall–Kier alpha value is -3.65. The lowest BCUT2D eigenvalue weighted by Gasteiger charge is -2.43. The van der Waals surface area contributed by atoms with Crippen LogP contribution in [0.3, 0.4) is 0 Å². The summed E-state index contributed by atoms with van der Waals surface area (Å²) in [6.45, 7) is 6.84. The zero-order valence-corrected chi connectivity index (χ0v) is 21.4. The minimum Gasteiger partial charge on any atom is -0.350 e. The molecule has 0 bridgehead atoms. The minimum atomic E-state index is -1.13. The molecule has 2 N–H and O–H groups in total. The molecule has 3 aromatic rings. The van der Waals surface area contributed by atoms with Gasteiger partial charge in [-0.15, -0.1) is 0 Å². The Labute approximate surface area is 215 Å². The zero-order chi connectivity index (χ0) is 25.9. The van der Waals surface area contributed by atoms with Crippen molar-refractivity contribution >= 4 is 29.3 Å². The number of benzene rings is 2. The molecule has 0 saturated heterocycles. The first-order valence-corrected chi connectivity index (χ1v) is 12.3. The van der Waals surface area contributed by atoms with Crippen molar-refractivity contribution in [1.82, 2.24) is 25.1 Å². The quantitative estimate of drug-likeness (QED) is 0.485. The highest BCUT2D eigenvalue weighted by Crippen LogP contribution is 2.29. The van der Waals surface area contributed by atoms with E-state index in [4.69, 9.17) is 11.6 Å². The van der Waals surface area contributed by atoms with Gasteiger partial charge in [-0.3, -0.25) is 14.4 Å². The maximum absolute atomic E-state index is 13.6. The average Bonchev–Trinajstić information content (AvgIpc) is 3.29. The Morgan fingerprint density at radius 3 is 2.50 bits per heavy atom. The van der Waals surface area contributed by atoms with Crippen LogP contribution < -0.4 is 10.6 Å². The molecule has 1 aliphatic heterocycles. The fraction of sp³-hybridized carbons (Fsp3) is 0.333. The van der Waals surface area contributed by atoms with Gasteiger partial charge in [-0.1, -0.05) is 66.6 Å². The first-order valence-electron chi connectivity index (χ1n) is 12.0. The highest BCUT2D eigenvalue weighted by molar-refractivity contribution is 6.31. The van der Waals surface area contributed by atoms with Crippen LogP contribution in [0.15, 0.2) is 54.9 Å². The molecule has 9 heteroatoms. The summed E-state index contributed by atoms with van der Waals surface area (Å²) >= 11 is 6.19. The third-order valence-corrected chi connectivity index (χ3v) is 6.85. The van der Waals surface area contributed by atoms with Crippen LogP contribution in [0.25, 0.3) is 0 Å². The molecule has 4 rings (SSSR count). The molecule has 8 nitrogen and oxygen atoms in total. The Bertz CT molecular complexity index is 1290. The number of nitrogens with zero attached hydrogens (tertiary/aromatic N) is 3. The molecule has 0 fully saturated rings. The van der Waals surface area contributed by atoms with Crippen molar-refractivity contribution in [3.05, 3.63) is 88.0 Å². The molecular formula is C27H30ClN5O3. The Morgan fingerprint density at radius 1 is 1.08 bits per heavy atom. The van der Waals surface area contributed by atoms with Crippen LogP contribution in [-0.2, 0) is 24.4 Å². The van der Waals surface area contributed by atoms with Crippen molar-refractivity contribution in [2.24, 2.45) is 0 Å². The predicted molar refractivity (Wildman–Crippen MR) is 138 cm³/mol. The van der Waals surface area contributed by atoms with Crippen molar-refractivity contribution in [2.45, 2.75) is 52.4 Å². The highest BCUT2D eigenvalue weighted by Gasteiger charge is 2.48. The first-order chi connectivity index (χ1) is 17.2. The van der Waals surface area contributed by atoms with Gasteiger partial charge >= 0.3 is 0 Å². The number of aryl methyl sites for hydroxylation is 1. The number of imidazole rings is 1. The van der Waals surface area contributed by atoms with E-state index in [9.17, 15) is 14.4 Å².